The molecule has 0 radical (unpaired) electrons. The molecule has 1 saturated carbocycles. The molecule has 1 aromatic rings. The summed E-state index contributed by atoms with van der Waals surface area (Å²) in [6.45, 7) is 3.37. The van der Waals surface area contributed by atoms with Crippen LogP contribution in [0.5, 0.6) is 0 Å². The van der Waals surface area contributed by atoms with Gasteiger partial charge < -0.3 is 0 Å². The highest BCUT2D eigenvalue weighted by Gasteiger charge is 2.30. The van der Waals surface area contributed by atoms with Crippen LogP contribution in [-0.2, 0) is 0 Å². The summed E-state index contributed by atoms with van der Waals surface area (Å²) in [5, 5.41) is 0. The number of nitrogens with zero attached hydrogens (tertiary/aromatic N) is 1. The molecule has 2 rings (SSSR count). The van der Waals surface area contributed by atoms with Crippen LogP contribution in [0.15, 0.2) is 24.3 Å². The summed E-state index contributed by atoms with van der Waals surface area (Å²) in [4.78, 5) is 14.2. The Bertz CT molecular complexity index is 401. The molecular weight excluding hydrogens is 217 g/mol. The number of benzene rings is 1. The number of Topliss-reactive ketones (excluding diaryl/α,β-unsaturated/α-hetero) is 1. The van der Waals surface area contributed by atoms with Crippen LogP contribution in [0.25, 0.3) is 0 Å². The van der Waals surface area contributed by atoms with E-state index < -0.39 is 5.82 Å². The van der Waals surface area contributed by atoms with E-state index in [0.29, 0.717) is 12.6 Å². The summed E-state index contributed by atoms with van der Waals surface area (Å²) in [6.07, 6.45) is 3.37. The van der Waals surface area contributed by atoms with Gasteiger partial charge in [-0.05, 0) is 37.9 Å². The molecule has 0 aromatic heterocycles. The van der Waals surface area contributed by atoms with E-state index >= 15 is 0 Å². The van der Waals surface area contributed by atoms with Crippen LogP contribution < -0.4 is 0 Å². The maximum atomic E-state index is 13.5. The highest BCUT2D eigenvalue weighted by Crippen LogP contribution is 2.27. The van der Waals surface area contributed by atoms with E-state index in [1.807, 2.05) is 0 Å². The summed E-state index contributed by atoms with van der Waals surface area (Å²) in [6, 6.07) is 6.77. The largest absolute Gasteiger partial charge is 0.293 e. The van der Waals surface area contributed by atoms with Gasteiger partial charge in [0, 0.05) is 6.04 Å². The van der Waals surface area contributed by atoms with Crippen LogP contribution in [0.1, 0.15) is 36.5 Å². The molecule has 92 valence electrons. The molecule has 0 unspecified atom stereocenters. The molecule has 2 nitrogen and oxygen atoms in total. The number of carbonyl (C=O) groups is 1. The van der Waals surface area contributed by atoms with Gasteiger partial charge in [0.1, 0.15) is 5.82 Å². The fourth-order valence-electron chi connectivity index (χ4n) is 2.07. The van der Waals surface area contributed by atoms with Gasteiger partial charge in [-0.25, -0.2) is 4.39 Å². The number of rotatable bonds is 6. The monoisotopic (exact) mass is 235 g/mol. The quantitative estimate of drug-likeness (QED) is 0.707. The Kier molecular flexibility index (Phi) is 3.89. The average molecular weight is 235 g/mol. The Morgan fingerprint density at radius 1 is 1.41 bits per heavy atom. The van der Waals surface area contributed by atoms with Crippen LogP contribution in [0, 0.1) is 5.82 Å². The van der Waals surface area contributed by atoms with Gasteiger partial charge in [-0.3, -0.25) is 9.69 Å². The first-order chi connectivity index (χ1) is 8.22. The minimum atomic E-state index is -0.412. The fourth-order valence-corrected chi connectivity index (χ4v) is 2.07. The van der Waals surface area contributed by atoms with Crippen LogP contribution in [0.2, 0.25) is 0 Å². The predicted molar refractivity (Wildman–Crippen MR) is 65.6 cm³/mol. The molecule has 1 aromatic carbocycles. The van der Waals surface area contributed by atoms with Crippen molar-refractivity contribution in [3.8, 4) is 0 Å². The number of ketones is 1. The van der Waals surface area contributed by atoms with Gasteiger partial charge in [-0.1, -0.05) is 19.1 Å². The van der Waals surface area contributed by atoms with Crippen molar-refractivity contribution in [1.29, 1.82) is 0 Å². The predicted octanol–water partition coefficient (Wildman–Crippen LogP) is 2.88. The molecule has 1 aliphatic carbocycles. The standard InChI is InChI=1S/C14H18FNO/c1-2-9-16(11-7-8-11)10-14(17)12-5-3-4-6-13(12)15/h3-6,11H,2,7-10H2,1H3. The first kappa shape index (κ1) is 12.2. The summed E-state index contributed by atoms with van der Waals surface area (Å²) >= 11 is 0. The van der Waals surface area contributed by atoms with Crippen molar-refractivity contribution in [3.05, 3.63) is 35.6 Å². The smallest absolute Gasteiger partial charge is 0.179 e. The van der Waals surface area contributed by atoms with Gasteiger partial charge in [0.15, 0.2) is 5.78 Å². The summed E-state index contributed by atoms with van der Waals surface area (Å²) in [5.74, 6) is -0.520. The topological polar surface area (TPSA) is 20.3 Å². The molecule has 0 bridgehead atoms. The average Bonchev–Trinajstić information content (AvgIpc) is 3.12. The van der Waals surface area contributed by atoms with Crippen LogP contribution in [0.3, 0.4) is 0 Å². The maximum Gasteiger partial charge on any atom is 0.179 e. The van der Waals surface area contributed by atoms with Crippen LogP contribution in [-0.4, -0.2) is 29.8 Å². The Labute approximate surface area is 101 Å². The van der Waals surface area contributed by atoms with Crippen LogP contribution in [0.4, 0.5) is 4.39 Å². The number of carbonyl (C=O) groups excluding carboxylic acids is 1. The second-order valence-corrected chi connectivity index (χ2v) is 4.60. The Morgan fingerprint density at radius 2 is 2.12 bits per heavy atom. The molecule has 17 heavy (non-hydrogen) atoms. The van der Waals surface area contributed by atoms with Crippen molar-refractivity contribution < 1.29 is 9.18 Å². The SMILES string of the molecule is CCCN(CC(=O)c1ccccc1F)C1CC1. The normalized spacial score (nSPS) is 15.2. The first-order valence-electron chi connectivity index (χ1n) is 6.24. The highest BCUT2D eigenvalue weighted by atomic mass is 19.1. The summed E-state index contributed by atoms with van der Waals surface area (Å²) in [7, 11) is 0. The Balaban J connectivity index is 2.02. The fraction of sp³-hybridized carbons (Fsp3) is 0.500. The lowest BCUT2D eigenvalue weighted by atomic mass is 10.1. The molecule has 0 N–H and O–H groups in total. The van der Waals surface area contributed by atoms with Gasteiger partial charge in [-0.15, -0.1) is 0 Å². The van der Waals surface area contributed by atoms with Crippen molar-refractivity contribution in [1.82, 2.24) is 4.90 Å². The molecule has 0 aliphatic heterocycles. The van der Waals surface area contributed by atoms with E-state index in [2.05, 4.69) is 11.8 Å². The number of hydrogen-bond acceptors (Lipinski definition) is 2. The molecule has 0 amide bonds. The lowest BCUT2D eigenvalue weighted by Gasteiger charge is -2.20. The molecular formula is C14H18FNO. The summed E-state index contributed by atoms with van der Waals surface area (Å²) in [5.41, 5.74) is 0.217. The third kappa shape index (κ3) is 3.13. The summed E-state index contributed by atoms with van der Waals surface area (Å²) < 4.78 is 13.5. The van der Waals surface area contributed by atoms with E-state index in [-0.39, 0.29) is 11.3 Å². The molecule has 3 heteroatoms. The van der Waals surface area contributed by atoms with Crippen molar-refractivity contribution in [2.75, 3.05) is 13.1 Å². The zero-order chi connectivity index (χ0) is 12.3. The highest BCUT2D eigenvalue weighted by molar-refractivity contribution is 5.97. The molecule has 1 fully saturated rings. The molecule has 1 aliphatic rings. The zero-order valence-corrected chi connectivity index (χ0v) is 10.2. The van der Waals surface area contributed by atoms with Gasteiger partial charge in [0.25, 0.3) is 0 Å². The third-order valence-electron chi connectivity index (χ3n) is 3.10. The van der Waals surface area contributed by atoms with Gasteiger partial charge in [0.2, 0.25) is 0 Å². The third-order valence-corrected chi connectivity index (χ3v) is 3.10. The Hall–Kier alpha value is -1.22. The van der Waals surface area contributed by atoms with Gasteiger partial charge in [0.05, 0.1) is 12.1 Å². The van der Waals surface area contributed by atoms with Gasteiger partial charge >= 0.3 is 0 Å². The van der Waals surface area contributed by atoms with E-state index in [1.165, 1.54) is 18.9 Å². The zero-order valence-electron chi connectivity index (χ0n) is 10.2. The Morgan fingerprint density at radius 3 is 2.71 bits per heavy atom. The lowest BCUT2D eigenvalue weighted by molar-refractivity contribution is 0.0920. The van der Waals surface area contributed by atoms with E-state index in [4.69, 9.17) is 0 Å². The maximum absolute atomic E-state index is 13.5. The molecule has 0 heterocycles. The second-order valence-electron chi connectivity index (χ2n) is 4.60. The number of hydrogen-bond donors (Lipinski definition) is 0. The minimum Gasteiger partial charge on any atom is -0.293 e. The van der Waals surface area contributed by atoms with E-state index in [0.717, 1.165) is 13.0 Å². The lowest BCUT2D eigenvalue weighted by Crippen LogP contribution is -2.32. The van der Waals surface area contributed by atoms with Crippen molar-refractivity contribution >= 4 is 5.78 Å². The minimum absolute atomic E-state index is 0.108. The van der Waals surface area contributed by atoms with Crippen LogP contribution >= 0.6 is 0 Å². The molecule has 0 atom stereocenters. The number of halogens is 1. The van der Waals surface area contributed by atoms with E-state index in [1.54, 1.807) is 18.2 Å². The molecule has 0 saturated heterocycles. The van der Waals surface area contributed by atoms with Gasteiger partial charge in [-0.2, -0.15) is 0 Å². The molecule has 0 spiro atoms. The van der Waals surface area contributed by atoms with Crippen molar-refractivity contribution in [3.63, 3.8) is 0 Å². The first-order valence-corrected chi connectivity index (χ1v) is 6.24. The van der Waals surface area contributed by atoms with Crippen molar-refractivity contribution in [2.45, 2.75) is 32.2 Å². The van der Waals surface area contributed by atoms with Crippen molar-refractivity contribution in [2.24, 2.45) is 0 Å². The second kappa shape index (κ2) is 5.41. The van der Waals surface area contributed by atoms with E-state index in [9.17, 15) is 9.18 Å².